The SMILES string of the molecule is CC(C)SCC1CC=C(/C(=C/C2=CC(NC(=O)c3ccc(F)c(O)c3)NC=C2)N(N)c2ccccc2)C(=O)C1. The van der Waals surface area contributed by atoms with Crippen LogP contribution in [0.25, 0.3) is 0 Å². The third-order valence-electron chi connectivity index (χ3n) is 6.37. The summed E-state index contributed by atoms with van der Waals surface area (Å²) in [5, 5.41) is 17.5. The van der Waals surface area contributed by atoms with Crippen LogP contribution in [-0.2, 0) is 4.79 Å². The predicted octanol–water partition coefficient (Wildman–Crippen LogP) is 4.94. The number of rotatable bonds is 9. The molecule has 2 aromatic rings. The zero-order valence-electron chi connectivity index (χ0n) is 21.9. The first-order valence-electron chi connectivity index (χ1n) is 12.8. The second kappa shape index (κ2) is 12.8. The molecule has 1 aliphatic heterocycles. The van der Waals surface area contributed by atoms with Crippen molar-refractivity contribution < 1.29 is 19.1 Å². The van der Waals surface area contributed by atoms with Gasteiger partial charge in [0.1, 0.15) is 6.17 Å². The average Bonchev–Trinajstić information content (AvgIpc) is 2.92. The number of anilines is 1. The Kier molecular flexibility index (Phi) is 9.27. The quantitative estimate of drug-likeness (QED) is 0.260. The first-order chi connectivity index (χ1) is 18.7. The summed E-state index contributed by atoms with van der Waals surface area (Å²) in [6.07, 6.45) is 9.79. The van der Waals surface area contributed by atoms with E-state index < -0.39 is 23.6 Å². The van der Waals surface area contributed by atoms with Crippen molar-refractivity contribution in [2.24, 2.45) is 11.8 Å². The number of Topliss-reactive ketones (excluding diaryl/α,β-unsaturated/α-hetero) is 1. The molecular weight excluding hydrogens is 515 g/mol. The van der Waals surface area contributed by atoms with Gasteiger partial charge in [-0.15, -0.1) is 0 Å². The summed E-state index contributed by atoms with van der Waals surface area (Å²) in [5.41, 5.74) is 2.72. The smallest absolute Gasteiger partial charge is 0.253 e. The van der Waals surface area contributed by atoms with Gasteiger partial charge in [-0.2, -0.15) is 11.8 Å². The second-order valence-corrected chi connectivity index (χ2v) is 11.4. The molecule has 0 saturated heterocycles. The number of hydrogen-bond acceptors (Lipinski definition) is 7. The third-order valence-corrected chi connectivity index (χ3v) is 7.70. The number of phenols is 1. The first kappa shape index (κ1) is 28.2. The van der Waals surface area contributed by atoms with Crippen LogP contribution in [0.1, 0.15) is 37.0 Å². The van der Waals surface area contributed by atoms with Gasteiger partial charge < -0.3 is 15.7 Å². The highest BCUT2D eigenvalue weighted by molar-refractivity contribution is 7.99. The Balaban J connectivity index is 1.60. The minimum absolute atomic E-state index is 0.0488. The highest BCUT2D eigenvalue weighted by Gasteiger charge is 2.27. The second-order valence-electron chi connectivity index (χ2n) is 9.75. The summed E-state index contributed by atoms with van der Waals surface area (Å²) in [7, 11) is 0. The summed E-state index contributed by atoms with van der Waals surface area (Å²) in [5.74, 6) is 5.97. The minimum atomic E-state index is -0.800. The number of carbonyl (C=O) groups is 2. The van der Waals surface area contributed by atoms with Crippen molar-refractivity contribution in [2.45, 2.75) is 38.1 Å². The van der Waals surface area contributed by atoms with E-state index in [4.69, 9.17) is 5.84 Å². The number of dihydropyridines is 1. The maximum Gasteiger partial charge on any atom is 0.253 e. The molecule has 2 aliphatic rings. The topological polar surface area (TPSA) is 108 Å². The summed E-state index contributed by atoms with van der Waals surface area (Å²) in [6.45, 7) is 4.31. The zero-order valence-corrected chi connectivity index (χ0v) is 22.7. The Labute approximate surface area is 232 Å². The lowest BCUT2D eigenvalue weighted by Gasteiger charge is -2.28. The maximum absolute atomic E-state index is 13.4. The molecule has 39 heavy (non-hydrogen) atoms. The van der Waals surface area contributed by atoms with Gasteiger partial charge in [0.15, 0.2) is 17.3 Å². The lowest BCUT2D eigenvalue weighted by Crippen LogP contribution is -2.43. The van der Waals surface area contributed by atoms with E-state index in [1.807, 2.05) is 60.3 Å². The molecule has 4 rings (SSSR count). The van der Waals surface area contributed by atoms with E-state index in [1.165, 1.54) is 11.1 Å². The number of ketones is 1. The van der Waals surface area contributed by atoms with Gasteiger partial charge in [-0.05, 0) is 83.7 Å². The molecule has 1 amide bonds. The summed E-state index contributed by atoms with van der Waals surface area (Å²) in [4.78, 5) is 26.0. The first-order valence-corrected chi connectivity index (χ1v) is 13.9. The van der Waals surface area contributed by atoms with E-state index in [-0.39, 0.29) is 11.3 Å². The molecule has 9 heteroatoms. The minimum Gasteiger partial charge on any atom is -0.505 e. The zero-order chi connectivity index (χ0) is 27.9. The van der Waals surface area contributed by atoms with Crippen LogP contribution in [0.3, 0.4) is 0 Å². The summed E-state index contributed by atoms with van der Waals surface area (Å²) < 4.78 is 13.4. The highest BCUT2D eigenvalue weighted by Crippen LogP contribution is 2.32. The fraction of sp³-hybridized carbons (Fsp3) is 0.267. The van der Waals surface area contributed by atoms with E-state index in [0.29, 0.717) is 28.9 Å². The van der Waals surface area contributed by atoms with E-state index in [0.717, 1.165) is 35.6 Å². The number of thioether (sulfide) groups is 1. The van der Waals surface area contributed by atoms with Gasteiger partial charge in [-0.25, -0.2) is 10.2 Å². The Hall–Kier alpha value is -3.82. The van der Waals surface area contributed by atoms with Crippen molar-refractivity contribution in [3.8, 4) is 5.75 Å². The molecule has 1 aliphatic carbocycles. The maximum atomic E-state index is 13.4. The third kappa shape index (κ3) is 7.40. The molecule has 5 N–H and O–H groups in total. The van der Waals surface area contributed by atoms with E-state index in [2.05, 4.69) is 24.5 Å². The fourth-order valence-corrected chi connectivity index (χ4v) is 5.23. The number of nitrogens with zero attached hydrogens (tertiary/aromatic N) is 1. The Morgan fingerprint density at radius 1 is 1.28 bits per heavy atom. The van der Waals surface area contributed by atoms with Gasteiger partial charge in [0.05, 0.1) is 11.4 Å². The summed E-state index contributed by atoms with van der Waals surface area (Å²) >= 11 is 1.86. The van der Waals surface area contributed by atoms with Gasteiger partial charge in [-0.1, -0.05) is 38.1 Å². The molecular formula is C30H33FN4O3S. The average molecular weight is 549 g/mol. The van der Waals surface area contributed by atoms with Crippen LogP contribution in [0.15, 0.2) is 95.9 Å². The molecule has 2 aromatic carbocycles. The van der Waals surface area contributed by atoms with Crippen molar-refractivity contribution in [2.75, 3.05) is 10.8 Å². The van der Waals surface area contributed by atoms with E-state index in [9.17, 15) is 19.1 Å². The molecule has 204 valence electrons. The number of nitrogens with one attached hydrogen (secondary N) is 2. The molecule has 0 radical (unpaired) electrons. The number of hydrazine groups is 1. The van der Waals surface area contributed by atoms with E-state index >= 15 is 0 Å². The number of benzene rings is 2. The van der Waals surface area contributed by atoms with Crippen LogP contribution in [-0.4, -0.2) is 34.0 Å². The number of phenolic OH excluding ortho intramolecular Hbond substituents is 1. The van der Waals surface area contributed by atoms with Crippen LogP contribution in [0.4, 0.5) is 10.1 Å². The Morgan fingerprint density at radius 2 is 2.05 bits per heavy atom. The molecule has 7 nitrogen and oxygen atoms in total. The van der Waals surface area contributed by atoms with Crippen molar-refractivity contribution >= 4 is 29.1 Å². The molecule has 0 spiro atoms. The van der Waals surface area contributed by atoms with Crippen LogP contribution in [0.5, 0.6) is 5.75 Å². The Bertz CT molecular complexity index is 1340. The van der Waals surface area contributed by atoms with Gasteiger partial charge in [-0.3, -0.25) is 14.6 Å². The van der Waals surface area contributed by atoms with Crippen molar-refractivity contribution in [3.63, 3.8) is 0 Å². The fourth-order valence-electron chi connectivity index (χ4n) is 4.32. The number of halogens is 1. The Morgan fingerprint density at radius 3 is 2.74 bits per heavy atom. The van der Waals surface area contributed by atoms with Crippen molar-refractivity contribution in [1.82, 2.24) is 10.6 Å². The molecule has 0 bridgehead atoms. The molecule has 0 saturated carbocycles. The number of para-hydroxylation sites is 1. The monoisotopic (exact) mass is 548 g/mol. The lowest BCUT2D eigenvalue weighted by atomic mass is 9.87. The van der Waals surface area contributed by atoms with E-state index in [1.54, 1.807) is 12.3 Å². The standard InChI is InChI=1S/C30H33FN4O3S/c1-19(2)39-18-21-8-10-24(27(36)15-21)26(35(32)23-6-4-3-5-7-23)14-20-12-13-33-29(16-20)34-30(38)22-9-11-25(31)28(37)17-22/h3-7,9-14,16-17,19,21,29,33,37H,8,15,18,32H2,1-2H3,(H,34,38)/b26-14-. The van der Waals surface area contributed by atoms with Crippen LogP contribution >= 0.6 is 11.8 Å². The normalized spacial score (nSPS) is 19.3. The molecule has 2 atom stereocenters. The number of aromatic hydroxyl groups is 1. The number of carbonyl (C=O) groups excluding carboxylic acids is 2. The van der Waals surface area contributed by atoms with Crippen molar-refractivity contribution in [1.29, 1.82) is 0 Å². The predicted molar refractivity (Wildman–Crippen MR) is 154 cm³/mol. The largest absolute Gasteiger partial charge is 0.505 e. The summed E-state index contributed by atoms with van der Waals surface area (Å²) in [6, 6.07) is 12.8. The van der Waals surface area contributed by atoms with Crippen molar-refractivity contribution in [3.05, 3.63) is 107 Å². The number of hydrogen-bond donors (Lipinski definition) is 4. The van der Waals surface area contributed by atoms with Gasteiger partial charge in [0.2, 0.25) is 0 Å². The van der Waals surface area contributed by atoms with Crippen LogP contribution in [0.2, 0.25) is 0 Å². The molecule has 0 aromatic heterocycles. The molecule has 2 unspecified atom stereocenters. The highest BCUT2D eigenvalue weighted by atomic mass is 32.2. The van der Waals surface area contributed by atoms with Gasteiger partial charge in [0, 0.05) is 17.6 Å². The molecule has 0 fully saturated rings. The van der Waals surface area contributed by atoms with Crippen LogP contribution < -0.4 is 21.5 Å². The molecule has 1 heterocycles. The number of nitrogens with two attached hydrogens (primary N) is 1. The van der Waals surface area contributed by atoms with Gasteiger partial charge >= 0.3 is 0 Å². The van der Waals surface area contributed by atoms with Crippen LogP contribution in [0, 0.1) is 11.7 Å². The lowest BCUT2D eigenvalue weighted by molar-refractivity contribution is -0.116. The number of allylic oxidation sites excluding steroid dienone is 5. The van der Waals surface area contributed by atoms with Gasteiger partial charge in [0.25, 0.3) is 5.91 Å². The number of amides is 1.